The van der Waals surface area contributed by atoms with E-state index in [2.05, 4.69) is 19.2 Å². The maximum atomic E-state index is 6.14. The molecule has 1 aliphatic heterocycles. The average molecular weight is 227 g/mol. The Morgan fingerprint density at radius 3 is 3.12 bits per heavy atom. The molecule has 94 valence electrons. The first-order valence-corrected chi connectivity index (χ1v) is 6.72. The average Bonchev–Trinajstić information content (AvgIpc) is 2.28. The quantitative estimate of drug-likeness (QED) is 0.799. The molecule has 2 fully saturated rings. The van der Waals surface area contributed by atoms with E-state index in [0.29, 0.717) is 6.04 Å². The number of morpholine rings is 1. The highest BCUT2D eigenvalue weighted by Crippen LogP contribution is 2.38. The van der Waals surface area contributed by atoms with Crippen LogP contribution in [0.5, 0.6) is 0 Å². The Bertz CT molecular complexity index is 218. The first-order chi connectivity index (χ1) is 7.77. The monoisotopic (exact) mass is 227 g/mol. The molecular formula is C13H25NO2. The van der Waals surface area contributed by atoms with Crippen LogP contribution in [0.2, 0.25) is 0 Å². The normalized spacial score (nSPS) is 40.1. The van der Waals surface area contributed by atoms with E-state index in [-0.39, 0.29) is 5.60 Å². The van der Waals surface area contributed by atoms with Gasteiger partial charge in [-0.25, -0.2) is 0 Å². The van der Waals surface area contributed by atoms with Crippen molar-refractivity contribution in [3.63, 3.8) is 0 Å². The lowest BCUT2D eigenvalue weighted by Gasteiger charge is -2.48. The lowest BCUT2D eigenvalue weighted by Crippen LogP contribution is -2.61. The topological polar surface area (TPSA) is 30.5 Å². The second kappa shape index (κ2) is 5.48. The number of ether oxygens (including phenoxy) is 2. The van der Waals surface area contributed by atoms with Gasteiger partial charge < -0.3 is 14.8 Å². The molecule has 1 heterocycles. The summed E-state index contributed by atoms with van der Waals surface area (Å²) in [5.41, 5.74) is 0.0606. The predicted octanol–water partition coefficient (Wildman–Crippen LogP) is 1.96. The van der Waals surface area contributed by atoms with Crippen LogP contribution in [0.4, 0.5) is 0 Å². The van der Waals surface area contributed by atoms with E-state index in [1.807, 2.05) is 0 Å². The van der Waals surface area contributed by atoms with Gasteiger partial charge in [0.2, 0.25) is 0 Å². The van der Waals surface area contributed by atoms with Gasteiger partial charge in [-0.2, -0.15) is 0 Å². The minimum Gasteiger partial charge on any atom is -0.380 e. The van der Waals surface area contributed by atoms with E-state index in [9.17, 15) is 0 Å². The highest BCUT2D eigenvalue weighted by molar-refractivity contribution is 4.99. The fourth-order valence-electron chi connectivity index (χ4n) is 3.21. The van der Waals surface area contributed by atoms with Crippen LogP contribution in [0, 0.1) is 5.92 Å². The molecule has 0 aromatic heterocycles. The molecular weight excluding hydrogens is 202 g/mol. The molecule has 1 spiro atoms. The smallest absolute Gasteiger partial charge is 0.0860 e. The van der Waals surface area contributed by atoms with Crippen LogP contribution in [-0.2, 0) is 9.47 Å². The van der Waals surface area contributed by atoms with Gasteiger partial charge >= 0.3 is 0 Å². The lowest BCUT2D eigenvalue weighted by atomic mass is 9.74. The molecule has 3 atom stereocenters. The summed E-state index contributed by atoms with van der Waals surface area (Å²) in [7, 11) is 0. The van der Waals surface area contributed by atoms with Crippen LogP contribution in [-0.4, -0.2) is 38.0 Å². The van der Waals surface area contributed by atoms with E-state index in [0.717, 1.165) is 32.3 Å². The van der Waals surface area contributed by atoms with Crippen molar-refractivity contribution in [1.29, 1.82) is 0 Å². The van der Waals surface area contributed by atoms with Crippen molar-refractivity contribution in [1.82, 2.24) is 5.32 Å². The van der Waals surface area contributed by atoms with Crippen LogP contribution in [0.3, 0.4) is 0 Å². The second-order valence-corrected chi connectivity index (χ2v) is 5.28. The fourth-order valence-corrected chi connectivity index (χ4v) is 3.21. The van der Waals surface area contributed by atoms with Crippen LogP contribution in [0.25, 0.3) is 0 Å². The first kappa shape index (κ1) is 12.3. The summed E-state index contributed by atoms with van der Waals surface area (Å²) in [5, 5.41) is 3.58. The summed E-state index contributed by atoms with van der Waals surface area (Å²) in [6.07, 6.45) is 5.04. The molecule has 0 bridgehead atoms. The third kappa shape index (κ3) is 2.58. The minimum atomic E-state index is 0.0606. The van der Waals surface area contributed by atoms with Gasteiger partial charge in [-0.3, -0.25) is 0 Å². The van der Waals surface area contributed by atoms with Gasteiger partial charge in [0, 0.05) is 13.2 Å². The molecule has 3 heteroatoms. The summed E-state index contributed by atoms with van der Waals surface area (Å²) >= 11 is 0. The molecule has 1 saturated heterocycles. The SMILES string of the molecule is CCOCC1NCCOC12CCCC(C)C2. The standard InChI is InChI=1S/C13H25NO2/c1-3-15-10-12-13(16-8-7-14-12)6-4-5-11(2)9-13/h11-12,14H,3-10H2,1-2H3. The van der Waals surface area contributed by atoms with Gasteiger partial charge in [-0.15, -0.1) is 0 Å². The van der Waals surface area contributed by atoms with Gasteiger partial charge in [0.25, 0.3) is 0 Å². The number of nitrogens with one attached hydrogen (secondary N) is 1. The second-order valence-electron chi connectivity index (χ2n) is 5.28. The Hall–Kier alpha value is -0.120. The Kier molecular flexibility index (Phi) is 4.22. The summed E-state index contributed by atoms with van der Waals surface area (Å²) in [6.45, 7) is 7.81. The summed E-state index contributed by atoms with van der Waals surface area (Å²) in [5.74, 6) is 0.790. The van der Waals surface area contributed by atoms with Crippen LogP contribution < -0.4 is 5.32 Å². The van der Waals surface area contributed by atoms with Crippen molar-refractivity contribution >= 4 is 0 Å². The molecule has 1 N–H and O–H groups in total. The van der Waals surface area contributed by atoms with Crippen LogP contribution in [0.15, 0.2) is 0 Å². The number of rotatable bonds is 3. The zero-order chi connectivity index (χ0) is 11.4. The molecule has 2 rings (SSSR count). The Balaban J connectivity index is 2.01. The van der Waals surface area contributed by atoms with E-state index >= 15 is 0 Å². The van der Waals surface area contributed by atoms with Crippen molar-refractivity contribution < 1.29 is 9.47 Å². The third-order valence-corrected chi connectivity index (χ3v) is 4.00. The summed E-state index contributed by atoms with van der Waals surface area (Å²) < 4.78 is 11.7. The first-order valence-electron chi connectivity index (χ1n) is 6.72. The van der Waals surface area contributed by atoms with Crippen molar-refractivity contribution in [3.05, 3.63) is 0 Å². The minimum absolute atomic E-state index is 0.0606. The lowest BCUT2D eigenvalue weighted by molar-refractivity contribution is -0.139. The Labute approximate surface area is 98.9 Å². The Morgan fingerprint density at radius 2 is 2.38 bits per heavy atom. The molecule has 3 unspecified atom stereocenters. The van der Waals surface area contributed by atoms with Crippen LogP contribution >= 0.6 is 0 Å². The third-order valence-electron chi connectivity index (χ3n) is 4.00. The molecule has 0 aromatic carbocycles. The Morgan fingerprint density at radius 1 is 1.50 bits per heavy atom. The highest BCUT2D eigenvalue weighted by atomic mass is 16.5. The van der Waals surface area contributed by atoms with E-state index in [1.54, 1.807) is 0 Å². The zero-order valence-electron chi connectivity index (χ0n) is 10.6. The number of hydrogen-bond donors (Lipinski definition) is 1. The maximum absolute atomic E-state index is 6.14. The molecule has 16 heavy (non-hydrogen) atoms. The largest absolute Gasteiger partial charge is 0.380 e. The van der Waals surface area contributed by atoms with Gasteiger partial charge in [-0.05, 0) is 25.7 Å². The van der Waals surface area contributed by atoms with Crippen molar-refractivity contribution in [2.75, 3.05) is 26.4 Å². The molecule has 2 aliphatic rings. The molecule has 0 aromatic rings. The van der Waals surface area contributed by atoms with Crippen molar-refractivity contribution in [2.24, 2.45) is 5.92 Å². The van der Waals surface area contributed by atoms with Crippen molar-refractivity contribution in [3.8, 4) is 0 Å². The van der Waals surface area contributed by atoms with E-state index in [1.165, 1.54) is 25.7 Å². The van der Waals surface area contributed by atoms with E-state index in [4.69, 9.17) is 9.47 Å². The van der Waals surface area contributed by atoms with Gasteiger partial charge in [0.1, 0.15) is 0 Å². The van der Waals surface area contributed by atoms with Gasteiger partial charge in [0.15, 0.2) is 0 Å². The van der Waals surface area contributed by atoms with Crippen molar-refractivity contribution in [2.45, 2.75) is 51.2 Å². The van der Waals surface area contributed by atoms with Crippen LogP contribution in [0.1, 0.15) is 39.5 Å². The summed E-state index contributed by atoms with van der Waals surface area (Å²) in [4.78, 5) is 0. The molecule has 1 aliphatic carbocycles. The van der Waals surface area contributed by atoms with Gasteiger partial charge in [-0.1, -0.05) is 19.8 Å². The fraction of sp³-hybridized carbons (Fsp3) is 1.00. The highest BCUT2D eigenvalue weighted by Gasteiger charge is 2.44. The molecule has 0 radical (unpaired) electrons. The zero-order valence-corrected chi connectivity index (χ0v) is 10.6. The predicted molar refractivity (Wildman–Crippen MR) is 64.6 cm³/mol. The summed E-state index contributed by atoms with van der Waals surface area (Å²) in [6, 6.07) is 0.393. The number of hydrogen-bond acceptors (Lipinski definition) is 3. The molecule has 3 nitrogen and oxygen atoms in total. The maximum Gasteiger partial charge on any atom is 0.0860 e. The molecule has 1 saturated carbocycles. The van der Waals surface area contributed by atoms with E-state index < -0.39 is 0 Å². The van der Waals surface area contributed by atoms with Gasteiger partial charge in [0.05, 0.1) is 24.9 Å². The molecule has 0 amide bonds.